The van der Waals surface area contributed by atoms with Gasteiger partial charge in [-0.25, -0.2) is 0 Å². The highest BCUT2D eigenvalue weighted by Crippen LogP contribution is 2.14. The van der Waals surface area contributed by atoms with Crippen molar-refractivity contribution in [1.29, 1.82) is 0 Å². The normalized spacial score (nSPS) is 9.71. The third-order valence-electron chi connectivity index (χ3n) is 1.83. The van der Waals surface area contributed by atoms with Gasteiger partial charge in [-0.15, -0.1) is 11.8 Å². The maximum Gasteiger partial charge on any atom is 0.0246 e. The fourth-order valence-electron chi connectivity index (χ4n) is 1.03. The second-order valence-corrected chi connectivity index (χ2v) is 4.51. The van der Waals surface area contributed by atoms with Gasteiger partial charge in [-0.05, 0) is 36.4 Å². The molecule has 0 amide bonds. The van der Waals surface area contributed by atoms with Crippen molar-refractivity contribution in [2.45, 2.75) is 25.2 Å². The summed E-state index contributed by atoms with van der Waals surface area (Å²) >= 11 is 1.76. The van der Waals surface area contributed by atoms with Gasteiger partial charge >= 0.3 is 0 Å². The molecule has 0 aliphatic rings. The maximum absolute atomic E-state index is 3.18. The summed E-state index contributed by atoms with van der Waals surface area (Å²) < 4.78 is 0. The second-order valence-electron chi connectivity index (χ2n) is 3.63. The highest BCUT2D eigenvalue weighted by atomic mass is 32.2. The number of benzene rings is 1. The Morgan fingerprint density at radius 1 is 1.21 bits per heavy atom. The van der Waals surface area contributed by atoms with E-state index in [0.29, 0.717) is 5.92 Å². The first-order valence-electron chi connectivity index (χ1n) is 4.85. The van der Waals surface area contributed by atoms with E-state index >= 15 is 0 Å². The lowest BCUT2D eigenvalue weighted by molar-refractivity contribution is 0.676. The average Bonchev–Trinajstić information content (AvgIpc) is 2.18. The summed E-state index contributed by atoms with van der Waals surface area (Å²) in [6, 6.07) is 8.40. The Labute approximate surface area is 91.1 Å². The first-order chi connectivity index (χ1) is 6.72. The first kappa shape index (κ1) is 11.2. The molecule has 1 aromatic rings. The first-order valence-corrected chi connectivity index (χ1v) is 6.07. The van der Waals surface area contributed by atoms with Crippen LogP contribution in [0.15, 0.2) is 29.2 Å². The number of hydrogen-bond acceptors (Lipinski definition) is 1. The molecule has 0 bridgehead atoms. The molecule has 0 fully saturated rings. The lowest BCUT2D eigenvalue weighted by atomic mass is 10.1. The van der Waals surface area contributed by atoms with Crippen LogP contribution in [0.25, 0.3) is 0 Å². The third-order valence-corrected chi connectivity index (χ3v) is 2.58. The van der Waals surface area contributed by atoms with Gasteiger partial charge in [0.15, 0.2) is 0 Å². The largest absolute Gasteiger partial charge is 0.130 e. The summed E-state index contributed by atoms with van der Waals surface area (Å²) in [5.74, 6) is 7.01. The molecular weight excluding hydrogens is 188 g/mol. The SMILES string of the molecule is CSc1ccc(C#CCC(C)C)cc1. The van der Waals surface area contributed by atoms with E-state index in [2.05, 4.69) is 56.2 Å². The van der Waals surface area contributed by atoms with E-state index < -0.39 is 0 Å². The number of hydrogen-bond donors (Lipinski definition) is 0. The van der Waals surface area contributed by atoms with E-state index in [0.717, 1.165) is 12.0 Å². The van der Waals surface area contributed by atoms with Crippen molar-refractivity contribution in [2.24, 2.45) is 5.92 Å². The van der Waals surface area contributed by atoms with Gasteiger partial charge in [0, 0.05) is 16.9 Å². The van der Waals surface area contributed by atoms with Crippen LogP contribution in [0.4, 0.5) is 0 Å². The molecular formula is C13H16S. The van der Waals surface area contributed by atoms with Gasteiger partial charge in [-0.2, -0.15) is 0 Å². The van der Waals surface area contributed by atoms with E-state index in [4.69, 9.17) is 0 Å². The van der Waals surface area contributed by atoms with Crippen LogP contribution < -0.4 is 0 Å². The standard InChI is InChI=1S/C13H16S/c1-11(2)5-4-6-12-7-9-13(14-3)10-8-12/h7-11H,5H2,1-3H3. The summed E-state index contributed by atoms with van der Waals surface area (Å²) in [6.45, 7) is 4.37. The van der Waals surface area contributed by atoms with Gasteiger partial charge in [0.1, 0.15) is 0 Å². The Balaban J connectivity index is 2.62. The van der Waals surface area contributed by atoms with Crippen molar-refractivity contribution < 1.29 is 0 Å². The highest BCUT2D eigenvalue weighted by molar-refractivity contribution is 7.98. The summed E-state index contributed by atoms with van der Waals surface area (Å²) in [4.78, 5) is 1.29. The van der Waals surface area contributed by atoms with Crippen molar-refractivity contribution in [3.63, 3.8) is 0 Å². The Kier molecular flexibility index (Phi) is 4.62. The van der Waals surface area contributed by atoms with E-state index in [1.54, 1.807) is 11.8 Å². The molecule has 14 heavy (non-hydrogen) atoms. The van der Waals surface area contributed by atoms with Crippen molar-refractivity contribution in [3.05, 3.63) is 29.8 Å². The van der Waals surface area contributed by atoms with E-state index in [9.17, 15) is 0 Å². The summed E-state index contributed by atoms with van der Waals surface area (Å²) in [7, 11) is 0. The van der Waals surface area contributed by atoms with Gasteiger partial charge in [-0.1, -0.05) is 25.7 Å². The zero-order valence-corrected chi connectivity index (χ0v) is 9.82. The summed E-state index contributed by atoms with van der Waals surface area (Å²) in [5, 5.41) is 0. The van der Waals surface area contributed by atoms with Crippen LogP contribution in [0.5, 0.6) is 0 Å². The Hall–Kier alpha value is -0.870. The minimum absolute atomic E-state index is 0.660. The smallest absolute Gasteiger partial charge is 0.0246 e. The minimum Gasteiger partial charge on any atom is -0.130 e. The van der Waals surface area contributed by atoms with Crippen LogP contribution in [-0.2, 0) is 0 Å². The zero-order chi connectivity index (χ0) is 10.4. The van der Waals surface area contributed by atoms with E-state index in [-0.39, 0.29) is 0 Å². The van der Waals surface area contributed by atoms with Gasteiger partial charge < -0.3 is 0 Å². The molecule has 0 aromatic heterocycles. The van der Waals surface area contributed by atoms with E-state index in [1.165, 1.54) is 4.90 Å². The van der Waals surface area contributed by atoms with E-state index in [1.807, 2.05) is 0 Å². The third kappa shape index (κ3) is 3.89. The molecule has 0 radical (unpaired) electrons. The van der Waals surface area contributed by atoms with Gasteiger partial charge in [0.05, 0.1) is 0 Å². The molecule has 0 nitrogen and oxygen atoms in total. The van der Waals surface area contributed by atoms with Gasteiger partial charge in [0.25, 0.3) is 0 Å². The second kappa shape index (κ2) is 5.78. The van der Waals surface area contributed by atoms with Crippen molar-refractivity contribution >= 4 is 11.8 Å². The predicted octanol–water partition coefficient (Wildman–Crippen LogP) is 3.81. The molecule has 0 saturated carbocycles. The van der Waals surface area contributed by atoms with Gasteiger partial charge in [-0.3, -0.25) is 0 Å². The lowest BCUT2D eigenvalue weighted by Crippen LogP contribution is -1.82. The molecule has 0 unspecified atom stereocenters. The molecule has 0 atom stereocenters. The van der Waals surface area contributed by atoms with Crippen LogP contribution in [-0.4, -0.2) is 6.26 Å². The summed E-state index contributed by atoms with van der Waals surface area (Å²) in [6.07, 6.45) is 3.06. The predicted molar refractivity (Wildman–Crippen MR) is 64.6 cm³/mol. The molecule has 0 saturated heterocycles. The molecule has 1 heteroatoms. The lowest BCUT2D eigenvalue weighted by Gasteiger charge is -1.95. The van der Waals surface area contributed by atoms with Crippen LogP contribution in [0.1, 0.15) is 25.8 Å². The molecule has 0 heterocycles. The van der Waals surface area contributed by atoms with Gasteiger partial charge in [0.2, 0.25) is 0 Å². The molecule has 0 aliphatic carbocycles. The quantitative estimate of drug-likeness (QED) is 0.521. The fraction of sp³-hybridized carbons (Fsp3) is 0.385. The minimum atomic E-state index is 0.660. The molecule has 74 valence electrons. The monoisotopic (exact) mass is 204 g/mol. The molecule has 0 aliphatic heterocycles. The maximum atomic E-state index is 3.18. The topological polar surface area (TPSA) is 0 Å². The fourth-order valence-corrected chi connectivity index (χ4v) is 1.44. The Morgan fingerprint density at radius 3 is 2.36 bits per heavy atom. The molecule has 0 spiro atoms. The molecule has 1 aromatic carbocycles. The van der Waals surface area contributed by atoms with Crippen LogP contribution in [0.3, 0.4) is 0 Å². The van der Waals surface area contributed by atoms with Crippen molar-refractivity contribution in [2.75, 3.05) is 6.26 Å². The van der Waals surface area contributed by atoms with Crippen molar-refractivity contribution in [3.8, 4) is 11.8 Å². The van der Waals surface area contributed by atoms with Crippen molar-refractivity contribution in [1.82, 2.24) is 0 Å². The average molecular weight is 204 g/mol. The summed E-state index contributed by atoms with van der Waals surface area (Å²) in [5.41, 5.74) is 1.11. The van der Waals surface area contributed by atoms with Crippen LogP contribution in [0, 0.1) is 17.8 Å². The van der Waals surface area contributed by atoms with Crippen LogP contribution in [0.2, 0.25) is 0 Å². The highest BCUT2D eigenvalue weighted by Gasteiger charge is 1.90. The Morgan fingerprint density at radius 2 is 1.86 bits per heavy atom. The number of rotatable bonds is 2. The zero-order valence-electron chi connectivity index (χ0n) is 9.00. The molecule has 0 N–H and O–H groups in total. The molecule has 1 rings (SSSR count). The van der Waals surface area contributed by atoms with Crippen LogP contribution >= 0.6 is 11.8 Å². The number of thioether (sulfide) groups is 1. The Bertz CT molecular complexity index is 324.